The first-order valence-corrected chi connectivity index (χ1v) is 10.2. The van der Waals surface area contributed by atoms with Crippen molar-refractivity contribution in [2.24, 2.45) is 0 Å². The number of thioether (sulfide) groups is 1. The van der Waals surface area contributed by atoms with E-state index in [2.05, 4.69) is 23.2 Å². The molecule has 27 heavy (non-hydrogen) atoms. The predicted octanol–water partition coefficient (Wildman–Crippen LogP) is 6.10. The van der Waals surface area contributed by atoms with Crippen LogP contribution in [0.1, 0.15) is 68.0 Å². The highest BCUT2D eigenvalue weighted by Gasteiger charge is 2.37. The van der Waals surface area contributed by atoms with Gasteiger partial charge in [-0.1, -0.05) is 12.5 Å². The van der Waals surface area contributed by atoms with Crippen LogP contribution in [0.5, 0.6) is 0 Å². The molecule has 4 rings (SSSR count). The fourth-order valence-electron chi connectivity index (χ4n) is 3.71. The second-order valence-electron chi connectivity index (χ2n) is 7.77. The standard InChI is InChI=1S/C20H23F3N2OS/c1-19(27-15-7-3-6-14(10-15)20(21,22)23)8-9-26-18(12-19)17-11-16(24-25-17)13-4-2-5-13/h3,6-7,10-11,13,18H,2,4-5,8-9,12H2,1H3,(H,24,25). The van der Waals surface area contributed by atoms with Crippen LogP contribution in [0.25, 0.3) is 0 Å². The molecule has 3 nitrogen and oxygen atoms in total. The summed E-state index contributed by atoms with van der Waals surface area (Å²) in [6, 6.07) is 7.69. The molecule has 2 unspecified atom stereocenters. The molecule has 0 spiro atoms. The van der Waals surface area contributed by atoms with Crippen LogP contribution in [0.3, 0.4) is 0 Å². The summed E-state index contributed by atoms with van der Waals surface area (Å²) >= 11 is 1.51. The summed E-state index contributed by atoms with van der Waals surface area (Å²) in [5.74, 6) is 0.560. The number of nitrogens with zero attached hydrogens (tertiary/aromatic N) is 1. The minimum atomic E-state index is -4.32. The number of hydrogen-bond donors (Lipinski definition) is 1. The van der Waals surface area contributed by atoms with Crippen molar-refractivity contribution in [1.82, 2.24) is 10.2 Å². The van der Waals surface area contributed by atoms with Gasteiger partial charge in [-0.3, -0.25) is 5.10 Å². The summed E-state index contributed by atoms with van der Waals surface area (Å²) < 4.78 is 44.7. The van der Waals surface area contributed by atoms with Gasteiger partial charge in [0.15, 0.2) is 0 Å². The van der Waals surface area contributed by atoms with Crippen LogP contribution in [0.15, 0.2) is 35.2 Å². The highest BCUT2D eigenvalue weighted by atomic mass is 32.2. The molecule has 2 aromatic rings. The van der Waals surface area contributed by atoms with E-state index in [1.54, 1.807) is 6.07 Å². The van der Waals surface area contributed by atoms with Crippen LogP contribution >= 0.6 is 11.8 Å². The van der Waals surface area contributed by atoms with Gasteiger partial charge in [0.05, 0.1) is 17.0 Å². The van der Waals surface area contributed by atoms with Gasteiger partial charge < -0.3 is 4.74 Å². The van der Waals surface area contributed by atoms with Gasteiger partial charge in [-0.15, -0.1) is 11.8 Å². The average Bonchev–Trinajstić information content (AvgIpc) is 3.02. The number of halogens is 3. The van der Waals surface area contributed by atoms with Gasteiger partial charge >= 0.3 is 6.18 Å². The molecule has 1 N–H and O–H groups in total. The Kier molecular flexibility index (Phi) is 5.01. The van der Waals surface area contributed by atoms with Gasteiger partial charge in [0.1, 0.15) is 6.10 Å². The monoisotopic (exact) mass is 396 g/mol. The lowest BCUT2D eigenvalue weighted by Crippen LogP contribution is -2.32. The van der Waals surface area contributed by atoms with Crippen molar-refractivity contribution in [2.75, 3.05) is 6.61 Å². The number of ether oxygens (including phenoxy) is 1. The van der Waals surface area contributed by atoms with E-state index in [-0.39, 0.29) is 10.9 Å². The first kappa shape index (κ1) is 18.9. The van der Waals surface area contributed by atoms with Crippen molar-refractivity contribution in [3.05, 3.63) is 47.3 Å². The molecular formula is C20H23F3N2OS. The summed E-state index contributed by atoms with van der Waals surface area (Å²) in [5, 5.41) is 7.57. The average molecular weight is 396 g/mol. The highest BCUT2D eigenvalue weighted by molar-refractivity contribution is 8.00. The summed E-state index contributed by atoms with van der Waals surface area (Å²) in [6.07, 6.45) is 0.775. The Hall–Kier alpha value is -1.47. The molecule has 1 aromatic heterocycles. The Morgan fingerprint density at radius 2 is 2.07 bits per heavy atom. The minimum Gasteiger partial charge on any atom is -0.372 e. The van der Waals surface area contributed by atoms with Crippen molar-refractivity contribution >= 4 is 11.8 Å². The zero-order valence-electron chi connectivity index (χ0n) is 15.2. The highest BCUT2D eigenvalue weighted by Crippen LogP contribution is 2.47. The van der Waals surface area contributed by atoms with Crippen LogP contribution in [0.4, 0.5) is 13.2 Å². The Bertz CT molecular complexity index is 803. The largest absolute Gasteiger partial charge is 0.416 e. The Morgan fingerprint density at radius 3 is 2.78 bits per heavy atom. The van der Waals surface area contributed by atoms with E-state index >= 15 is 0 Å². The molecule has 1 aliphatic heterocycles. The number of aromatic amines is 1. The second kappa shape index (κ2) is 7.17. The smallest absolute Gasteiger partial charge is 0.372 e. The number of H-pyrrole nitrogens is 1. The molecular weight excluding hydrogens is 373 g/mol. The zero-order chi connectivity index (χ0) is 19.1. The van der Waals surface area contributed by atoms with E-state index in [4.69, 9.17) is 4.74 Å². The summed E-state index contributed by atoms with van der Waals surface area (Å²) in [7, 11) is 0. The number of alkyl halides is 3. The van der Waals surface area contributed by atoms with Gasteiger partial charge in [-0.2, -0.15) is 18.3 Å². The minimum absolute atomic E-state index is 0.0941. The summed E-state index contributed by atoms with van der Waals surface area (Å²) in [4.78, 5) is 0.646. The third-order valence-corrected chi connectivity index (χ3v) is 6.93. The number of rotatable bonds is 4. The summed E-state index contributed by atoms with van der Waals surface area (Å²) in [6.45, 7) is 2.70. The fraction of sp³-hybridized carbons (Fsp3) is 0.550. The lowest BCUT2D eigenvalue weighted by Gasteiger charge is -2.37. The predicted molar refractivity (Wildman–Crippen MR) is 98.8 cm³/mol. The van der Waals surface area contributed by atoms with Gasteiger partial charge in [0, 0.05) is 22.2 Å². The number of hydrogen-bond acceptors (Lipinski definition) is 3. The lowest BCUT2D eigenvalue weighted by atomic mass is 9.83. The van der Waals surface area contributed by atoms with E-state index in [1.165, 1.54) is 43.2 Å². The number of benzene rings is 1. The first-order valence-electron chi connectivity index (χ1n) is 9.35. The zero-order valence-corrected chi connectivity index (χ0v) is 16.0. The van der Waals surface area contributed by atoms with Crippen LogP contribution in [0, 0.1) is 0 Å². The van der Waals surface area contributed by atoms with Crippen molar-refractivity contribution in [3.63, 3.8) is 0 Å². The molecule has 0 amide bonds. The van der Waals surface area contributed by atoms with E-state index in [0.717, 1.165) is 30.3 Å². The normalized spacial score (nSPS) is 26.7. The Morgan fingerprint density at radius 1 is 1.26 bits per heavy atom. The molecule has 2 fully saturated rings. The van der Waals surface area contributed by atoms with E-state index in [0.29, 0.717) is 17.4 Å². The molecule has 2 atom stereocenters. The molecule has 7 heteroatoms. The lowest BCUT2D eigenvalue weighted by molar-refractivity contribution is -0.137. The maximum absolute atomic E-state index is 13.0. The molecule has 1 saturated carbocycles. The molecule has 1 aromatic carbocycles. The third kappa shape index (κ3) is 4.19. The number of aromatic nitrogens is 2. The van der Waals surface area contributed by atoms with Crippen molar-refractivity contribution in [2.45, 2.75) is 66.9 Å². The molecule has 1 aliphatic carbocycles. The van der Waals surface area contributed by atoms with Gasteiger partial charge in [0.25, 0.3) is 0 Å². The number of nitrogens with one attached hydrogen (secondary N) is 1. The second-order valence-corrected chi connectivity index (χ2v) is 9.43. The van der Waals surface area contributed by atoms with Gasteiger partial charge in [-0.25, -0.2) is 0 Å². The van der Waals surface area contributed by atoms with E-state index in [1.807, 2.05) is 0 Å². The van der Waals surface area contributed by atoms with Crippen LogP contribution in [-0.2, 0) is 10.9 Å². The van der Waals surface area contributed by atoms with Crippen LogP contribution < -0.4 is 0 Å². The van der Waals surface area contributed by atoms with Crippen LogP contribution in [0.2, 0.25) is 0 Å². The molecule has 2 aliphatic rings. The maximum Gasteiger partial charge on any atom is 0.416 e. The van der Waals surface area contributed by atoms with E-state index in [9.17, 15) is 13.2 Å². The SMILES string of the molecule is CC1(Sc2cccc(C(F)(F)F)c2)CCOC(c2cc(C3CCC3)n[nH]2)C1. The maximum atomic E-state index is 13.0. The first-order chi connectivity index (χ1) is 12.8. The Labute approximate surface area is 161 Å². The topological polar surface area (TPSA) is 37.9 Å². The molecule has 146 valence electrons. The Balaban J connectivity index is 1.47. The van der Waals surface area contributed by atoms with Gasteiger partial charge in [0.2, 0.25) is 0 Å². The molecule has 1 saturated heterocycles. The van der Waals surface area contributed by atoms with Crippen molar-refractivity contribution < 1.29 is 17.9 Å². The quantitative estimate of drug-likeness (QED) is 0.679. The third-order valence-electron chi connectivity index (χ3n) is 5.58. The summed E-state index contributed by atoms with van der Waals surface area (Å²) in [5.41, 5.74) is 1.49. The molecule has 0 radical (unpaired) electrons. The van der Waals surface area contributed by atoms with E-state index < -0.39 is 11.7 Å². The van der Waals surface area contributed by atoms with Gasteiger partial charge in [-0.05, 0) is 56.9 Å². The van der Waals surface area contributed by atoms with Crippen LogP contribution in [-0.4, -0.2) is 21.6 Å². The molecule has 0 bridgehead atoms. The van der Waals surface area contributed by atoms with Crippen molar-refractivity contribution in [3.8, 4) is 0 Å². The fourth-order valence-corrected chi connectivity index (χ4v) is 5.04. The molecule has 2 heterocycles. The van der Waals surface area contributed by atoms with Crippen molar-refractivity contribution in [1.29, 1.82) is 0 Å².